The quantitative estimate of drug-likeness (QED) is 0.532. The number of para-hydroxylation sites is 1. The van der Waals surface area contributed by atoms with Gasteiger partial charge in [0.1, 0.15) is 11.9 Å². The second-order valence-electron chi connectivity index (χ2n) is 8.33. The number of nitrogens with zero attached hydrogens (tertiary/aromatic N) is 1. The van der Waals surface area contributed by atoms with Gasteiger partial charge < -0.3 is 30.3 Å². The van der Waals surface area contributed by atoms with Crippen LogP contribution in [-0.2, 0) is 16.0 Å². The number of anilines is 1. The summed E-state index contributed by atoms with van der Waals surface area (Å²) in [7, 11) is 3.07. The van der Waals surface area contributed by atoms with E-state index in [-0.39, 0.29) is 36.0 Å². The van der Waals surface area contributed by atoms with Crippen molar-refractivity contribution >= 4 is 23.5 Å². The number of piperidine rings is 1. The van der Waals surface area contributed by atoms with E-state index < -0.39 is 11.9 Å². The average molecular weight is 487 g/mol. The van der Waals surface area contributed by atoms with Crippen molar-refractivity contribution in [3.8, 4) is 11.5 Å². The van der Waals surface area contributed by atoms with Crippen LogP contribution in [0.25, 0.3) is 0 Å². The van der Waals surface area contributed by atoms with E-state index in [4.69, 9.17) is 9.47 Å². The molecular weight excluding hydrogens is 455 g/mol. The molecule has 3 rings (SSSR count). The molecule has 3 N–H and O–H groups in total. The molecule has 0 saturated carbocycles. The second-order valence-corrected chi connectivity index (χ2v) is 8.33. The number of methoxy groups -OCH3 is 2. The molecule has 1 unspecified atom stereocenters. The number of hydrogen-bond donors (Lipinski definition) is 3. The first-order valence-corrected chi connectivity index (χ1v) is 11.4. The summed E-state index contributed by atoms with van der Waals surface area (Å²) in [5.41, 5.74) is 0.928. The van der Waals surface area contributed by atoms with Gasteiger partial charge in [0, 0.05) is 32.5 Å². The van der Waals surface area contributed by atoms with E-state index in [0.717, 1.165) is 5.56 Å². The Balaban J connectivity index is 1.56. The van der Waals surface area contributed by atoms with Crippen LogP contribution in [0.5, 0.6) is 11.5 Å². The van der Waals surface area contributed by atoms with Gasteiger partial charge in [-0.25, -0.2) is 9.18 Å². The van der Waals surface area contributed by atoms with Crippen molar-refractivity contribution in [3.05, 3.63) is 53.8 Å². The third kappa shape index (κ3) is 7.08. The molecule has 0 aliphatic carbocycles. The first-order valence-electron chi connectivity index (χ1n) is 11.4. The summed E-state index contributed by atoms with van der Waals surface area (Å²) in [4.78, 5) is 38.8. The monoisotopic (exact) mass is 486 g/mol. The molecule has 10 heteroatoms. The molecule has 0 spiro atoms. The molecule has 1 aliphatic heterocycles. The van der Waals surface area contributed by atoms with Crippen LogP contribution in [0.1, 0.15) is 25.3 Å². The molecule has 1 fully saturated rings. The van der Waals surface area contributed by atoms with E-state index in [1.54, 1.807) is 36.3 Å². The lowest BCUT2D eigenvalue weighted by molar-refractivity contribution is -0.128. The summed E-state index contributed by atoms with van der Waals surface area (Å²) in [5.74, 6) is -0.00779. The molecule has 2 aromatic carbocycles. The number of rotatable bonds is 8. The fraction of sp³-hybridized carbons (Fsp3) is 0.400. The zero-order valence-corrected chi connectivity index (χ0v) is 20.1. The number of ether oxygens (including phenoxy) is 2. The number of hydrogen-bond acceptors (Lipinski definition) is 5. The molecule has 0 radical (unpaired) electrons. The van der Waals surface area contributed by atoms with E-state index in [9.17, 15) is 18.8 Å². The summed E-state index contributed by atoms with van der Waals surface area (Å²) >= 11 is 0. The molecule has 188 valence electrons. The highest BCUT2D eigenvalue weighted by atomic mass is 19.1. The van der Waals surface area contributed by atoms with Gasteiger partial charge in [0.05, 0.1) is 19.9 Å². The SMILES string of the molecule is COc1ccc(CC(NC(C)=O)C(=O)NC2CCN(C(=O)Nc3ccccc3F)CC2)cc1OC. The Morgan fingerprint density at radius 1 is 1.06 bits per heavy atom. The number of halogens is 1. The largest absolute Gasteiger partial charge is 0.493 e. The molecule has 35 heavy (non-hydrogen) atoms. The zero-order chi connectivity index (χ0) is 25.4. The van der Waals surface area contributed by atoms with Crippen LogP contribution < -0.4 is 25.4 Å². The van der Waals surface area contributed by atoms with Crippen LogP contribution in [0.4, 0.5) is 14.9 Å². The molecule has 0 bridgehead atoms. The minimum absolute atomic E-state index is 0.126. The van der Waals surface area contributed by atoms with Crippen molar-refractivity contribution in [1.82, 2.24) is 15.5 Å². The Hall–Kier alpha value is -3.82. The third-order valence-electron chi connectivity index (χ3n) is 5.83. The maximum Gasteiger partial charge on any atom is 0.321 e. The highest BCUT2D eigenvalue weighted by Crippen LogP contribution is 2.28. The Morgan fingerprint density at radius 2 is 1.74 bits per heavy atom. The number of likely N-dealkylation sites (tertiary alicyclic amines) is 1. The summed E-state index contributed by atoms with van der Waals surface area (Å²) in [6.45, 7) is 2.18. The van der Waals surface area contributed by atoms with Gasteiger partial charge in [-0.3, -0.25) is 9.59 Å². The van der Waals surface area contributed by atoms with E-state index in [0.29, 0.717) is 37.4 Å². The Morgan fingerprint density at radius 3 is 2.37 bits per heavy atom. The zero-order valence-electron chi connectivity index (χ0n) is 20.1. The maximum absolute atomic E-state index is 13.8. The molecule has 1 atom stereocenters. The van der Waals surface area contributed by atoms with Crippen LogP contribution in [0, 0.1) is 5.82 Å². The minimum atomic E-state index is -0.770. The fourth-order valence-electron chi connectivity index (χ4n) is 3.98. The predicted octanol–water partition coefficient (Wildman–Crippen LogP) is 2.70. The van der Waals surface area contributed by atoms with Crippen LogP contribution in [-0.4, -0.2) is 62.1 Å². The number of carbonyl (C=O) groups excluding carboxylic acids is 3. The molecular formula is C25H31FN4O5. The summed E-state index contributed by atoms with van der Waals surface area (Å²) < 4.78 is 24.4. The highest BCUT2D eigenvalue weighted by molar-refractivity contribution is 5.89. The third-order valence-corrected chi connectivity index (χ3v) is 5.83. The molecule has 0 aromatic heterocycles. The van der Waals surface area contributed by atoms with Gasteiger partial charge in [-0.1, -0.05) is 18.2 Å². The van der Waals surface area contributed by atoms with E-state index in [2.05, 4.69) is 16.0 Å². The molecule has 1 aliphatic rings. The van der Waals surface area contributed by atoms with E-state index in [1.165, 1.54) is 26.2 Å². The minimum Gasteiger partial charge on any atom is -0.493 e. The predicted molar refractivity (Wildman–Crippen MR) is 129 cm³/mol. The lowest BCUT2D eigenvalue weighted by atomic mass is 10.0. The normalized spacial score (nSPS) is 14.6. The Kier molecular flexibility index (Phi) is 8.88. The van der Waals surface area contributed by atoms with Crippen LogP contribution in [0.3, 0.4) is 0 Å². The number of benzene rings is 2. The average Bonchev–Trinajstić information content (AvgIpc) is 2.85. The van der Waals surface area contributed by atoms with E-state index in [1.807, 2.05) is 6.07 Å². The van der Waals surface area contributed by atoms with Crippen molar-refractivity contribution in [1.29, 1.82) is 0 Å². The standard InChI is InChI=1S/C25H31FN4O5/c1-16(31)27-21(14-17-8-9-22(34-2)23(15-17)35-3)24(32)28-18-10-12-30(13-11-18)25(33)29-20-7-5-4-6-19(20)26/h4-9,15,18,21H,10-14H2,1-3H3,(H,27,31)(H,28,32)(H,29,33). The Bertz CT molecular complexity index is 1060. The lowest BCUT2D eigenvalue weighted by Crippen LogP contribution is -2.53. The fourth-order valence-corrected chi connectivity index (χ4v) is 3.98. The number of urea groups is 1. The van der Waals surface area contributed by atoms with Crippen molar-refractivity contribution < 1.29 is 28.2 Å². The highest BCUT2D eigenvalue weighted by Gasteiger charge is 2.27. The van der Waals surface area contributed by atoms with Gasteiger partial charge in [-0.15, -0.1) is 0 Å². The number of amides is 4. The van der Waals surface area contributed by atoms with Crippen LogP contribution >= 0.6 is 0 Å². The van der Waals surface area contributed by atoms with Crippen molar-refractivity contribution in [2.24, 2.45) is 0 Å². The van der Waals surface area contributed by atoms with Crippen LogP contribution in [0.15, 0.2) is 42.5 Å². The maximum atomic E-state index is 13.8. The molecule has 1 saturated heterocycles. The second kappa shape index (κ2) is 12.0. The first kappa shape index (κ1) is 25.8. The van der Waals surface area contributed by atoms with Gasteiger partial charge >= 0.3 is 6.03 Å². The topological polar surface area (TPSA) is 109 Å². The number of carbonyl (C=O) groups is 3. The summed E-state index contributed by atoms with van der Waals surface area (Å²) in [6, 6.07) is 10.0. The van der Waals surface area contributed by atoms with Crippen LogP contribution in [0.2, 0.25) is 0 Å². The number of nitrogens with one attached hydrogen (secondary N) is 3. The molecule has 2 aromatic rings. The van der Waals surface area contributed by atoms with Gasteiger partial charge in [0.15, 0.2) is 11.5 Å². The van der Waals surface area contributed by atoms with Crippen molar-refractivity contribution in [3.63, 3.8) is 0 Å². The summed E-state index contributed by atoms with van der Waals surface area (Å²) in [6.07, 6.45) is 1.36. The smallest absolute Gasteiger partial charge is 0.321 e. The van der Waals surface area contributed by atoms with Crippen molar-refractivity contribution in [2.75, 3.05) is 32.6 Å². The molecule has 9 nitrogen and oxygen atoms in total. The van der Waals surface area contributed by atoms with E-state index >= 15 is 0 Å². The van der Waals surface area contributed by atoms with Gasteiger partial charge in [-0.05, 0) is 42.7 Å². The molecule has 4 amide bonds. The van der Waals surface area contributed by atoms with Gasteiger partial charge in [-0.2, -0.15) is 0 Å². The van der Waals surface area contributed by atoms with Gasteiger partial charge in [0.2, 0.25) is 11.8 Å². The Labute approximate surface area is 204 Å². The lowest BCUT2D eigenvalue weighted by Gasteiger charge is -2.33. The first-order chi connectivity index (χ1) is 16.8. The van der Waals surface area contributed by atoms with Gasteiger partial charge in [0.25, 0.3) is 0 Å². The van der Waals surface area contributed by atoms with Crippen molar-refractivity contribution in [2.45, 2.75) is 38.3 Å². The summed E-state index contributed by atoms with van der Waals surface area (Å²) in [5, 5.41) is 8.27. The molecule has 1 heterocycles.